The van der Waals surface area contributed by atoms with Gasteiger partial charge in [0.25, 0.3) is 0 Å². The molecule has 0 rings (SSSR count). The summed E-state index contributed by atoms with van der Waals surface area (Å²) in [4.78, 5) is 72.8. The molecular weight excluding hydrogens is 1070 g/mol. The molecule has 474 valence electrons. The van der Waals surface area contributed by atoms with Gasteiger partial charge in [-0.15, -0.1) is 0 Å². The monoisotopic (exact) mass is 1180 g/mol. The third-order valence-electron chi connectivity index (χ3n) is 14.6. The summed E-state index contributed by atoms with van der Waals surface area (Å²) in [6.45, 7) is 9.74. The van der Waals surface area contributed by atoms with Gasteiger partial charge in [0.1, 0.15) is 38.5 Å². The van der Waals surface area contributed by atoms with Crippen LogP contribution in [0.4, 0.5) is 0 Å². The molecule has 2 N–H and O–H groups in total. The van der Waals surface area contributed by atoms with Gasteiger partial charge in [0.15, 0.2) is 13.1 Å². The summed E-state index contributed by atoms with van der Waals surface area (Å²) >= 11 is 0. The topological polar surface area (TPSA) is 198 Å². The van der Waals surface area contributed by atoms with Gasteiger partial charge in [-0.05, 0) is 64.2 Å². The number of hydrogen-bond acceptors (Lipinski definition) is 14. The summed E-state index contributed by atoms with van der Waals surface area (Å²) in [6.07, 6.45) is 31.3. The number of aliphatic hydroxyl groups is 2. The zero-order chi connectivity index (χ0) is 58.1. The number of rotatable bonds is 55. The maximum Gasteiger partial charge on any atom is 0.362 e. The molecule has 0 aromatic rings. The summed E-state index contributed by atoms with van der Waals surface area (Å²) in [6, 6.07) is 0. The molecule has 0 spiro atoms. The maximum absolute atomic E-state index is 12.9. The average molecular weight is 1190 g/mol. The van der Waals surface area contributed by atoms with Crippen LogP contribution in [0.1, 0.15) is 259 Å². The number of carbonyl (C=O) groups is 6. The van der Waals surface area contributed by atoms with E-state index in [0.29, 0.717) is 73.8 Å². The van der Waals surface area contributed by atoms with Crippen molar-refractivity contribution in [1.29, 1.82) is 0 Å². The molecule has 0 aliphatic rings. The van der Waals surface area contributed by atoms with E-state index < -0.39 is 24.4 Å². The quantitative estimate of drug-likeness (QED) is 0.0312. The molecule has 4 atom stereocenters. The number of quaternary nitrogens is 2. The zero-order valence-electron chi connectivity index (χ0n) is 51.9. The van der Waals surface area contributed by atoms with Crippen molar-refractivity contribution in [3.8, 4) is 0 Å². The highest BCUT2D eigenvalue weighted by Gasteiger charge is 2.29. The minimum Gasteiger partial charge on any atom is -1.00 e. The molecule has 0 saturated heterocycles. The van der Waals surface area contributed by atoms with Crippen molar-refractivity contribution in [1.82, 2.24) is 0 Å². The Labute approximate surface area is 498 Å². The molecule has 16 nitrogen and oxygen atoms in total. The van der Waals surface area contributed by atoms with E-state index in [9.17, 15) is 39.0 Å². The van der Waals surface area contributed by atoms with Gasteiger partial charge in [0.2, 0.25) is 0 Å². The molecule has 18 heteroatoms. The molecule has 4 unspecified atom stereocenters. The first-order valence-corrected chi connectivity index (χ1v) is 31.3. The van der Waals surface area contributed by atoms with Gasteiger partial charge in [-0.25, -0.2) is 9.59 Å². The Morgan fingerprint density at radius 1 is 0.350 bits per heavy atom. The van der Waals surface area contributed by atoms with Gasteiger partial charge in [-0.1, -0.05) is 168 Å². The fraction of sp³-hybridized carbons (Fsp3) is 0.903. The Bertz CT molecular complexity index is 1430. The number of halogens is 2. The number of carbonyl (C=O) groups excluding carboxylic acids is 6. The molecular formula is C62H118Cl2N2O14. The highest BCUT2D eigenvalue weighted by atomic mass is 35.5. The number of esters is 6. The zero-order valence-corrected chi connectivity index (χ0v) is 53.4. The predicted molar refractivity (Wildman–Crippen MR) is 308 cm³/mol. The van der Waals surface area contributed by atoms with Crippen LogP contribution in [0, 0.1) is 0 Å². The summed E-state index contributed by atoms with van der Waals surface area (Å²) < 4.78 is 33.5. The van der Waals surface area contributed by atoms with E-state index in [1.165, 1.54) is 52.4 Å². The van der Waals surface area contributed by atoms with Crippen LogP contribution in [0.15, 0.2) is 0 Å². The number of aliphatic hydroxyl groups excluding tert-OH is 2. The van der Waals surface area contributed by atoms with Crippen LogP contribution in [-0.4, -0.2) is 160 Å². The molecule has 0 fully saturated rings. The summed E-state index contributed by atoms with van der Waals surface area (Å²) in [5.74, 6) is -1.67. The van der Waals surface area contributed by atoms with Gasteiger partial charge in [-0.3, -0.25) is 19.2 Å². The Kier molecular flexibility index (Phi) is 55.2. The van der Waals surface area contributed by atoms with Crippen LogP contribution in [0.25, 0.3) is 0 Å². The molecule has 0 amide bonds. The lowest BCUT2D eigenvalue weighted by Crippen LogP contribution is -3.00. The van der Waals surface area contributed by atoms with Crippen LogP contribution in [0.3, 0.4) is 0 Å². The summed E-state index contributed by atoms with van der Waals surface area (Å²) in [7, 11) is 7.58. The summed E-state index contributed by atoms with van der Waals surface area (Å²) in [5, 5.41) is 22.2. The fourth-order valence-electron chi connectivity index (χ4n) is 9.51. The third kappa shape index (κ3) is 53.3. The van der Waals surface area contributed by atoms with Crippen LogP contribution >= 0.6 is 0 Å². The van der Waals surface area contributed by atoms with Crippen molar-refractivity contribution in [3.63, 3.8) is 0 Å². The number of unbranched alkanes of at least 4 members (excludes halogenated alkanes) is 25. The van der Waals surface area contributed by atoms with E-state index in [1.54, 1.807) is 0 Å². The molecule has 0 radical (unpaired) electrons. The first-order chi connectivity index (χ1) is 37.3. The van der Waals surface area contributed by atoms with Crippen LogP contribution in [0.5, 0.6) is 0 Å². The lowest BCUT2D eigenvalue weighted by atomic mass is 9.99. The Morgan fingerprint density at radius 3 is 0.938 bits per heavy atom. The molecule has 0 saturated carbocycles. The van der Waals surface area contributed by atoms with Gasteiger partial charge in [-0.2, -0.15) is 0 Å². The van der Waals surface area contributed by atoms with E-state index in [-0.39, 0.29) is 86.9 Å². The highest BCUT2D eigenvalue weighted by Crippen LogP contribution is 2.21. The largest absolute Gasteiger partial charge is 1.00 e. The molecule has 0 aliphatic heterocycles. The van der Waals surface area contributed by atoms with Gasteiger partial charge >= 0.3 is 35.8 Å². The maximum atomic E-state index is 12.9. The Morgan fingerprint density at radius 2 is 0.625 bits per heavy atom. The van der Waals surface area contributed by atoms with Crippen molar-refractivity contribution >= 4 is 35.8 Å². The van der Waals surface area contributed by atoms with Crippen LogP contribution in [-0.2, 0) is 57.2 Å². The lowest BCUT2D eigenvalue weighted by molar-refractivity contribution is -0.883. The Balaban J connectivity index is -0.0000296. The molecule has 0 heterocycles. The van der Waals surface area contributed by atoms with Gasteiger partial charge in [0.05, 0.1) is 53.6 Å². The molecule has 0 aromatic heterocycles. The number of likely N-dealkylation sites (N-methyl/N-ethyl adjacent to an activating group) is 2. The Hall–Kier alpha value is -2.76. The van der Waals surface area contributed by atoms with Crippen LogP contribution in [0.2, 0.25) is 0 Å². The number of nitrogens with zero attached hydrogens (tertiary/aromatic N) is 2. The van der Waals surface area contributed by atoms with E-state index in [1.807, 2.05) is 28.2 Å². The first-order valence-electron chi connectivity index (χ1n) is 31.3. The standard InChI is InChI=1S/C62H118N2O14.2ClH/c1-9-11-13-15-25-33-41-57(77-61(71)51-63(5,6)45-49-73-53(3)65)55(67)39-31-23-21-27-35-43-59(69)75-47-37-29-19-17-18-20-30-38-48-76-60(70)44-36-28-22-24-32-40-56(68)58(42-34-26-16-14-12-10-2)78-62(72)52-64(7,8)46-50-74-54(4)66;;/h55-58,67-68H,9-52H2,1-8H3;2*1H/q+2;;/p-2. The van der Waals surface area contributed by atoms with Crippen molar-refractivity contribution in [2.45, 2.75) is 283 Å². The second kappa shape index (κ2) is 54.2. The second-order valence-corrected chi connectivity index (χ2v) is 23.5. The first kappa shape index (κ1) is 81.5. The normalized spacial score (nSPS) is 13.0. The average Bonchev–Trinajstić information content (AvgIpc) is 3.36. The minimum atomic E-state index is -0.720. The SMILES string of the molecule is CCCCCCCCC(OC(=O)C[N+](C)(C)CCOC(C)=O)C(O)CCCCCCCC(=O)OCCCCCCCCCCOC(=O)CCCCCCCC(O)C(CCCCCCCC)OC(=O)C[N+](C)(C)CCOC(C)=O.[Cl-].[Cl-]. The van der Waals surface area contributed by atoms with Crippen molar-refractivity contribution in [2.75, 3.05) is 80.8 Å². The van der Waals surface area contributed by atoms with E-state index >= 15 is 0 Å². The molecule has 0 aliphatic carbocycles. The molecule has 80 heavy (non-hydrogen) atoms. The highest BCUT2D eigenvalue weighted by molar-refractivity contribution is 5.71. The molecule has 0 aromatic carbocycles. The van der Waals surface area contributed by atoms with Crippen molar-refractivity contribution in [2.24, 2.45) is 0 Å². The van der Waals surface area contributed by atoms with E-state index in [0.717, 1.165) is 154 Å². The smallest absolute Gasteiger partial charge is 0.362 e. The van der Waals surface area contributed by atoms with Gasteiger partial charge < -0.3 is 72.4 Å². The van der Waals surface area contributed by atoms with Crippen molar-refractivity contribution in [3.05, 3.63) is 0 Å². The fourth-order valence-corrected chi connectivity index (χ4v) is 9.51. The lowest BCUT2D eigenvalue weighted by Gasteiger charge is -2.30. The summed E-state index contributed by atoms with van der Waals surface area (Å²) in [5.41, 5.74) is 0. The predicted octanol–water partition coefficient (Wildman–Crippen LogP) is 5.99. The number of ether oxygens (including phenoxy) is 6. The minimum absolute atomic E-state index is 0. The van der Waals surface area contributed by atoms with E-state index in [2.05, 4.69) is 13.8 Å². The number of hydrogen-bond donors (Lipinski definition) is 2. The van der Waals surface area contributed by atoms with Gasteiger partial charge in [0, 0.05) is 26.7 Å². The van der Waals surface area contributed by atoms with Crippen molar-refractivity contribution < 1.29 is 101 Å². The third-order valence-corrected chi connectivity index (χ3v) is 14.6. The van der Waals surface area contributed by atoms with E-state index in [4.69, 9.17) is 28.4 Å². The van der Waals surface area contributed by atoms with Crippen LogP contribution < -0.4 is 24.8 Å². The molecule has 0 bridgehead atoms. The second-order valence-electron chi connectivity index (χ2n) is 23.5.